The molecule has 1 amide bonds. The van der Waals surface area contributed by atoms with Crippen molar-refractivity contribution in [2.75, 3.05) is 6.54 Å². The van der Waals surface area contributed by atoms with Crippen LogP contribution >= 0.6 is 0 Å². The van der Waals surface area contributed by atoms with Gasteiger partial charge in [-0.05, 0) is 20.3 Å². The number of hydrogen-bond donors (Lipinski definition) is 3. The van der Waals surface area contributed by atoms with Gasteiger partial charge in [0.15, 0.2) is 0 Å². The average Bonchev–Trinajstić information content (AvgIpc) is 2.16. The van der Waals surface area contributed by atoms with Crippen LogP contribution in [0.4, 0.5) is 0 Å². The lowest BCUT2D eigenvalue weighted by atomic mass is 9.86. The first-order chi connectivity index (χ1) is 6.37. The SMILES string of the molecule is CCC(C)(CN)C(=O)N[C@H](C)C(=O)O. The van der Waals surface area contributed by atoms with Crippen LogP contribution in [0.2, 0.25) is 0 Å². The lowest BCUT2D eigenvalue weighted by Crippen LogP contribution is -2.48. The first kappa shape index (κ1) is 12.9. The van der Waals surface area contributed by atoms with Gasteiger partial charge in [-0.15, -0.1) is 0 Å². The van der Waals surface area contributed by atoms with Gasteiger partial charge in [0.2, 0.25) is 5.91 Å². The Hall–Kier alpha value is -1.10. The third-order valence-corrected chi connectivity index (χ3v) is 2.50. The van der Waals surface area contributed by atoms with Gasteiger partial charge in [-0.1, -0.05) is 6.92 Å². The molecule has 0 bridgehead atoms. The van der Waals surface area contributed by atoms with Gasteiger partial charge in [-0.2, -0.15) is 0 Å². The van der Waals surface area contributed by atoms with E-state index in [0.717, 1.165) is 0 Å². The monoisotopic (exact) mass is 202 g/mol. The molecule has 5 heteroatoms. The van der Waals surface area contributed by atoms with E-state index in [1.807, 2.05) is 6.92 Å². The zero-order valence-corrected chi connectivity index (χ0v) is 8.83. The zero-order valence-electron chi connectivity index (χ0n) is 8.83. The van der Waals surface area contributed by atoms with Crippen LogP contribution < -0.4 is 11.1 Å². The molecule has 0 saturated heterocycles. The number of aliphatic carboxylic acids is 1. The average molecular weight is 202 g/mol. The number of amides is 1. The van der Waals surface area contributed by atoms with E-state index in [2.05, 4.69) is 5.32 Å². The molecule has 0 aromatic rings. The molecule has 0 aromatic carbocycles. The first-order valence-electron chi connectivity index (χ1n) is 4.61. The second kappa shape index (κ2) is 4.95. The Kier molecular flexibility index (Phi) is 4.56. The second-order valence-electron chi connectivity index (χ2n) is 3.65. The predicted octanol–water partition coefficient (Wildman–Crippen LogP) is -0.0493. The van der Waals surface area contributed by atoms with Crippen molar-refractivity contribution in [2.24, 2.45) is 11.1 Å². The Morgan fingerprint density at radius 3 is 2.36 bits per heavy atom. The summed E-state index contributed by atoms with van der Waals surface area (Å²) in [6.07, 6.45) is 0.585. The number of rotatable bonds is 5. The Morgan fingerprint density at radius 1 is 1.57 bits per heavy atom. The van der Waals surface area contributed by atoms with Crippen LogP contribution in [-0.4, -0.2) is 29.6 Å². The summed E-state index contributed by atoms with van der Waals surface area (Å²) in [5.41, 5.74) is 4.79. The molecule has 0 fully saturated rings. The van der Waals surface area contributed by atoms with E-state index in [0.29, 0.717) is 6.42 Å². The molecule has 5 nitrogen and oxygen atoms in total. The van der Waals surface area contributed by atoms with E-state index in [1.54, 1.807) is 6.92 Å². The second-order valence-corrected chi connectivity index (χ2v) is 3.65. The minimum atomic E-state index is -1.05. The van der Waals surface area contributed by atoms with Gasteiger partial charge < -0.3 is 16.2 Å². The van der Waals surface area contributed by atoms with E-state index in [1.165, 1.54) is 6.92 Å². The molecular weight excluding hydrogens is 184 g/mol. The molecule has 82 valence electrons. The zero-order chi connectivity index (χ0) is 11.4. The van der Waals surface area contributed by atoms with Crippen LogP contribution in [0, 0.1) is 5.41 Å². The molecule has 4 N–H and O–H groups in total. The summed E-state index contributed by atoms with van der Waals surface area (Å²) in [5, 5.41) is 11.0. The molecule has 0 aliphatic carbocycles. The van der Waals surface area contributed by atoms with Gasteiger partial charge in [-0.3, -0.25) is 9.59 Å². The van der Waals surface area contributed by atoms with Crippen molar-refractivity contribution in [3.63, 3.8) is 0 Å². The van der Waals surface area contributed by atoms with Crippen LogP contribution in [0.15, 0.2) is 0 Å². The molecule has 0 radical (unpaired) electrons. The maximum absolute atomic E-state index is 11.6. The summed E-state index contributed by atoms with van der Waals surface area (Å²) >= 11 is 0. The minimum Gasteiger partial charge on any atom is -0.480 e. The van der Waals surface area contributed by atoms with Crippen molar-refractivity contribution in [1.82, 2.24) is 5.32 Å². The quantitative estimate of drug-likeness (QED) is 0.582. The molecule has 0 rings (SSSR count). The smallest absolute Gasteiger partial charge is 0.325 e. The van der Waals surface area contributed by atoms with Gasteiger partial charge in [-0.25, -0.2) is 0 Å². The van der Waals surface area contributed by atoms with Crippen molar-refractivity contribution >= 4 is 11.9 Å². The van der Waals surface area contributed by atoms with Gasteiger partial charge in [0.05, 0.1) is 5.41 Å². The molecule has 0 saturated carbocycles. The van der Waals surface area contributed by atoms with Crippen molar-refractivity contribution in [2.45, 2.75) is 33.2 Å². The number of carboxylic acid groups (broad SMARTS) is 1. The largest absolute Gasteiger partial charge is 0.480 e. The van der Waals surface area contributed by atoms with Crippen molar-refractivity contribution < 1.29 is 14.7 Å². The summed E-state index contributed by atoms with van der Waals surface area (Å²) < 4.78 is 0. The van der Waals surface area contributed by atoms with Crippen LogP contribution in [-0.2, 0) is 9.59 Å². The fourth-order valence-corrected chi connectivity index (χ4v) is 0.830. The third kappa shape index (κ3) is 2.99. The highest BCUT2D eigenvalue weighted by atomic mass is 16.4. The fourth-order valence-electron chi connectivity index (χ4n) is 0.830. The van der Waals surface area contributed by atoms with E-state index >= 15 is 0 Å². The number of hydrogen-bond acceptors (Lipinski definition) is 3. The molecule has 1 unspecified atom stereocenters. The van der Waals surface area contributed by atoms with Crippen LogP contribution in [0.1, 0.15) is 27.2 Å². The summed E-state index contributed by atoms with van der Waals surface area (Å²) in [6.45, 7) is 5.20. The highest BCUT2D eigenvalue weighted by Gasteiger charge is 2.31. The Morgan fingerprint density at radius 2 is 2.07 bits per heavy atom. The van der Waals surface area contributed by atoms with Gasteiger partial charge in [0.1, 0.15) is 6.04 Å². The molecule has 2 atom stereocenters. The number of nitrogens with one attached hydrogen (secondary N) is 1. The Bertz CT molecular complexity index is 224. The topological polar surface area (TPSA) is 92.4 Å². The maximum Gasteiger partial charge on any atom is 0.325 e. The molecule has 0 aromatic heterocycles. The summed E-state index contributed by atoms with van der Waals surface area (Å²) in [5.74, 6) is -1.36. The summed E-state index contributed by atoms with van der Waals surface area (Å²) in [7, 11) is 0. The highest BCUT2D eigenvalue weighted by Crippen LogP contribution is 2.19. The van der Waals surface area contributed by atoms with E-state index in [9.17, 15) is 9.59 Å². The lowest BCUT2D eigenvalue weighted by Gasteiger charge is -2.26. The Balaban J connectivity index is 4.40. The summed E-state index contributed by atoms with van der Waals surface area (Å²) in [6, 6.07) is -0.875. The lowest BCUT2D eigenvalue weighted by molar-refractivity contribution is -0.143. The van der Waals surface area contributed by atoms with E-state index < -0.39 is 17.4 Å². The van der Waals surface area contributed by atoms with E-state index in [-0.39, 0.29) is 12.5 Å². The van der Waals surface area contributed by atoms with Crippen LogP contribution in [0.3, 0.4) is 0 Å². The number of carbonyl (C=O) groups is 2. The maximum atomic E-state index is 11.6. The van der Waals surface area contributed by atoms with Crippen molar-refractivity contribution in [3.05, 3.63) is 0 Å². The van der Waals surface area contributed by atoms with Crippen LogP contribution in [0.5, 0.6) is 0 Å². The molecule has 0 aliphatic rings. The number of carboxylic acids is 1. The number of carbonyl (C=O) groups excluding carboxylic acids is 1. The normalized spacial score (nSPS) is 16.9. The molecular formula is C9H18N2O3. The third-order valence-electron chi connectivity index (χ3n) is 2.50. The Labute approximate surface area is 83.7 Å². The molecule has 14 heavy (non-hydrogen) atoms. The standard InChI is InChI=1S/C9H18N2O3/c1-4-9(3,5-10)8(14)11-6(2)7(12)13/h6H,4-5,10H2,1-3H3,(H,11,14)(H,12,13)/t6-,9?/m1/s1. The van der Waals surface area contributed by atoms with Gasteiger partial charge in [0.25, 0.3) is 0 Å². The minimum absolute atomic E-state index is 0.210. The number of nitrogens with two attached hydrogens (primary N) is 1. The highest BCUT2D eigenvalue weighted by molar-refractivity contribution is 5.87. The summed E-state index contributed by atoms with van der Waals surface area (Å²) in [4.78, 5) is 22.1. The fraction of sp³-hybridized carbons (Fsp3) is 0.778. The van der Waals surface area contributed by atoms with Gasteiger partial charge >= 0.3 is 5.97 Å². The van der Waals surface area contributed by atoms with E-state index in [4.69, 9.17) is 10.8 Å². The molecule has 0 heterocycles. The molecule has 0 spiro atoms. The van der Waals surface area contributed by atoms with Crippen LogP contribution in [0.25, 0.3) is 0 Å². The van der Waals surface area contributed by atoms with Gasteiger partial charge in [0, 0.05) is 6.54 Å². The van der Waals surface area contributed by atoms with Crippen molar-refractivity contribution in [1.29, 1.82) is 0 Å². The predicted molar refractivity (Wildman–Crippen MR) is 52.7 cm³/mol. The first-order valence-corrected chi connectivity index (χ1v) is 4.61. The van der Waals surface area contributed by atoms with Crippen molar-refractivity contribution in [3.8, 4) is 0 Å². The molecule has 0 aliphatic heterocycles.